The van der Waals surface area contributed by atoms with E-state index in [0.29, 0.717) is 0 Å². The van der Waals surface area contributed by atoms with Gasteiger partial charge in [-0.2, -0.15) is 0 Å². The molecule has 1 saturated carbocycles. The third kappa shape index (κ3) is 0.632. The van der Waals surface area contributed by atoms with Crippen molar-refractivity contribution in [2.24, 2.45) is 5.73 Å². The van der Waals surface area contributed by atoms with Gasteiger partial charge in [0.25, 0.3) is 0 Å². The van der Waals surface area contributed by atoms with E-state index in [1.165, 1.54) is 30.4 Å². The highest BCUT2D eigenvalue weighted by atomic mass is 14.8. The standard InChI is InChI=1S/C11H13N/c12-11-6-5-8(7-11)9-3-1-2-4-10(9)11/h1-4,8H,5-7,12H2. The Bertz CT molecular complexity index is 332. The van der Waals surface area contributed by atoms with Crippen LogP contribution in [0.15, 0.2) is 24.3 Å². The van der Waals surface area contributed by atoms with E-state index in [9.17, 15) is 0 Å². The van der Waals surface area contributed by atoms with Gasteiger partial charge in [-0.3, -0.25) is 0 Å². The van der Waals surface area contributed by atoms with Gasteiger partial charge in [0.05, 0.1) is 0 Å². The predicted octanol–water partition coefficient (Wildman–Crippen LogP) is 2.12. The summed E-state index contributed by atoms with van der Waals surface area (Å²) in [5, 5.41) is 0. The molecule has 3 rings (SSSR count). The van der Waals surface area contributed by atoms with Crippen LogP contribution in [0.2, 0.25) is 0 Å². The largest absolute Gasteiger partial charge is 0.321 e. The summed E-state index contributed by atoms with van der Waals surface area (Å²) in [5.41, 5.74) is 9.29. The second-order valence-corrected chi connectivity index (χ2v) is 4.18. The zero-order chi connectivity index (χ0) is 8.18. The lowest BCUT2D eigenvalue weighted by Gasteiger charge is -2.23. The van der Waals surface area contributed by atoms with E-state index in [1.54, 1.807) is 0 Å². The van der Waals surface area contributed by atoms with Gasteiger partial charge < -0.3 is 5.73 Å². The molecule has 0 aliphatic heterocycles. The molecular formula is C11H13N. The van der Waals surface area contributed by atoms with Crippen molar-refractivity contribution in [1.82, 2.24) is 0 Å². The molecule has 2 aliphatic carbocycles. The minimum Gasteiger partial charge on any atom is -0.321 e. The molecular weight excluding hydrogens is 146 g/mol. The summed E-state index contributed by atoms with van der Waals surface area (Å²) < 4.78 is 0. The molecule has 0 spiro atoms. The van der Waals surface area contributed by atoms with E-state index >= 15 is 0 Å². The fourth-order valence-corrected chi connectivity index (χ4v) is 2.89. The Kier molecular flexibility index (Phi) is 1.06. The fraction of sp³-hybridized carbons (Fsp3) is 0.455. The number of benzene rings is 1. The Hall–Kier alpha value is -0.820. The first-order valence-electron chi connectivity index (χ1n) is 4.68. The predicted molar refractivity (Wildman–Crippen MR) is 48.9 cm³/mol. The van der Waals surface area contributed by atoms with Gasteiger partial charge in [-0.1, -0.05) is 24.3 Å². The van der Waals surface area contributed by atoms with E-state index in [0.717, 1.165) is 5.92 Å². The third-order valence-electron chi connectivity index (χ3n) is 3.49. The minimum atomic E-state index is 0.0429. The maximum absolute atomic E-state index is 6.31. The van der Waals surface area contributed by atoms with Crippen LogP contribution in [0.1, 0.15) is 36.3 Å². The second kappa shape index (κ2) is 1.91. The van der Waals surface area contributed by atoms with Crippen LogP contribution >= 0.6 is 0 Å². The molecule has 2 atom stereocenters. The summed E-state index contributed by atoms with van der Waals surface area (Å²) in [6.45, 7) is 0. The van der Waals surface area contributed by atoms with Crippen LogP contribution in [-0.4, -0.2) is 0 Å². The summed E-state index contributed by atoms with van der Waals surface area (Å²) in [6.07, 6.45) is 3.68. The summed E-state index contributed by atoms with van der Waals surface area (Å²) >= 11 is 0. The first-order chi connectivity index (χ1) is 5.80. The molecule has 1 heteroatoms. The van der Waals surface area contributed by atoms with Crippen molar-refractivity contribution in [2.45, 2.75) is 30.7 Å². The topological polar surface area (TPSA) is 26.0 Å². The lowest BCUT2D eigenvalue weighted by Crippen LogP contribution is -2.31. The van der Waals surface area contributed by atoms with Crippen LogP contribution in [-0.2, 0) is 5.54 Å². The van der Waals surface area contributed by atoms with Crippen molar-refractivity contribution in [2.75, 3.05) is 0 Å². The number of fused-ring (bicyclic) bond motifs is 5. The number of hydrogen-bond acceptors (Lipinski definition) is 1. The normalized spacial score (nSPS) is 36.9. The Balaban J connectivity index is 2.27. The molecule has 1 aromatic rings. The molecule has 1 fully saturated rings. The van der Waals surface area contributed by atoms with Gasteiger partial charge in [0.15, 0.2) is 0 Å². The van der Waals surface area contributed by atoms with E-state index in [4.69, 9.17) is 5.73 Å². The average molecular weight is 159 g/mol. The monoisotopic (exact) mass is 159 g/mol. The van der Waals surface area contributed by atoms with Crippen LogP contribution in [0.3, 0.4) is 0 Å². The molecule has 1 nitrogen and oxygen atoms in total. The highest BCUT2D eigenvalue weighted by molar-refractivity contribution is 5.44. The summed E-state index contributed by atoms with van der Waals surface area (Å²) in [7, 11) is 0. The fourth-order valence-electron chi connectivity index (χ4n) is 2.89. The average Bonchev–Trinajstić information content (AvgIpc) is 2.60. The zero-order valence-electron chi connectivity index (χ0n) is 7.09. The van der Waals surface area contributed by atoms with Gasteiger partial charge >= 0.3 is 0 Å². The molecule has 0 heterocycles. The lowest BCUT2D eigenvalue weighted by atomic mass is 9.88. The van der Waals surface area contributed by atoms with E-state index in [-0.39, 0.29) is 5.54 Å². The van der Waals surface area contributed by atoms with Crippen molar-refractivity contribution in [3.05, 3.63) is 35.4 Å². The number of rotatable bonds is 0. The zero-order valence-corrected chi connectivity index (χ0v) is 7.09. The van der Waals surface area contributed by atoms with Gasteiger partial charge in [-0.25, -0.2) is 0 Å². The molecule has 62 valence electrons. The molecule has 0 saturated heterocycles. The van der Waals surface area contributed by atoms with Gasteiger partial charge in [-0.05, 0) is 36.3 Å². The van der Waals surface area contributed by atoms with Gasteiger partial charge in [-0.15, -0.1) is 0 Å². The summed E-state index contributed by atoms with van der Waals surface area (Å²) in [4.78, 5) is 0. The van der Waals surface area contributed by atoms with Crippen molar-refractivity contribution >= 4 is 0 Å². The molecule has 2 bridgehead atoms. The molecule has 1 aromatic carbocycles. The Morgan fingerprint density at radius 3 is 3.00 bits per heavy atom. The summed E-state index contributed by atoms with van der Waals surface area (Å²) in [6, 6.07) is 8.68. The minimum absolute atomic E-state index is 0.0429. The smallest absolute Gasteiger partial charge is 0.0418 e. The Morgan fingerprint density at radius 1 is 1.33 bits per heavy atom. The van der Waals surface area contributed by atoms with Crippen molar-refractivity contribution in [1.29, 1.82) is 0 Å². The molecule has 0 aromatic heterocycles. The van der Waals surface area contributed by atoms with Crippen LogP contribution < -0.4 is 5.73 Å². The molecule has 2 unspecified atom stereocenters. The maximum Gasteiger partial charge on any atom is 0.0418 e. The van der Waals surface area contributed by atoms with Crippen LogP contribution in [0.4, 0.5) is 0 Å². The van der Waals surface area contributed by atoms with Gasteiger partial charge in [0, 0.05) is 5.54 Å². The molecule has 2 aliphatic rings. The molecule has 12 heavy (non-hydrogen) atoms. The molecule has 2 N–H and O–H groups in total. The number of hydrogen-bond donors (Lipinski definition) is 1. The van der Waals surface area contributed by atoms with E-state index in [1.807, 2.05) is 0 Å². The van der Waals surface area contributed by atoms with Crippen molar-refractivity contribution < 1.29 is 0 Å². The Morgan fingerprint density at radius 2 is 2.17 bits per heavy atom. The van der Waals surface area contributed by atoms with E-state index in [2.05, 4.69) is 24.3 Å². The first kappa shape index (κ1) is 6.67. The van der Waals surface area contributed by atoms with Crippen LogP contribution in [0, 0.1) is 0 Å². The van der Waals surface area contributed by atoms with E-state index < -0.39 is 0 Å². The van der Waals surface area contributed by atoms with Crippen LogP contribution in [0.5, 0.6) is 0 Å². The van der Waals surface area contributed by atoms with Gasteiger partial charge in [0.1, 0.15) is 0 Å². The van der Waals surface area contributed by atoms with Gasteiger partial charge in [0.2, 0.25) is 0 Å². The molecule has 0 radical (unpaired) electrons. The Labute approximate surface area is 72.6 Å². The van der Waals surface area contributed by atoms with Crippen molar-refractivity contribution in [3.8, 4) is 0 Å². The SMILES string of the molecule is NC12CCC(C1)c1ccccc12. The highest BCUT2D eigenvalue weighted by Crippen LogP contribution is 2.53. The first-order valence-corrected chi connectivity index (χ1v) is 4.68. The number of nitrogens with two attached hydrogens (primary N) is 1. The van der Waals surface area contributed by atoms with Crippen LogP contribution in [0.25, 0.3) is 0 Å². The summed E-state index contributed by atoms with van der Waals surface area (Å²) in [5.74, 6) is 0.770. The second-order valence-electron chi connectivity index (χ2n) is 4.18. The lowest BCUT2D eigenvalue weighted by molar-refractivity contribution is 0.475. The van der Waals surface area contributed by atoms with Crippen molar-refractivity contribution in [3.63, 3.8) is 0 Å². The quantitative estimate of drug-likeness (QED) is 0.616. The molecule has 0 amide bonds. The maximum atomic E-state index is 6.31. The third-order valence-corrected chi connectivity index (χ3v) is 3.49. The highest BCUT2D eigenvalue weighted by Gasteiger charge is 2.45.